The van der Waals surface area contributed by atoms with Crippen molar-refractivity contribution in [3.05, 3.63) is 35.9 Å². The molecule has 0 aliphatic carbocycles. The Hall–Kier alpha value is -1.47. The highest BCUT2D eigenvalue weighted by atomic mass is 16.7. The summed E-state index contributed by atoms with van der Waals surface area (Å²) in [6, 6.07) is 8.22. The fourth-order valence-electron chi connectivity index (χ4n) is 1.71. The standard InChI is InChI=1S/C12H14O6/c13-6-8-9(14)10(15)12(17-8)18-11(16)7-4-2-1-3-5-7/h1-5,8-10,12-15H,6H2/t8-,9-,10-,12?/m1/s1. The normalized spacial score (nSPS) is 31.3. The Kier molecular flexibility index (Phi) is 3.93. The molecule has 98 valence electrons. The molecular formula is C12H14O6. The molecule has 3 N–H and O–H groups in total. The number of aliphatic hydroxyl groups excluding tert-OH is 3. The fraction of sp³-hybridized carbons (Fsp3) is 0.417. The van der Waals surface area contributed by atoms with Gasteiger partial charge in [0, 0.05) is 0 Å². The van der Waals surface area contributed by atoms with Gasteiger partial charge in [-0.05, 0) is 12.1 Å². The van der Waals surface area contributed by atoms with Crippen LogP contribution in [0.25, 0.3) is 0 Å². The number of rotatable bonds is 3. The molecule has 4 atom stereocenters. The molecule has 0 bridgehead atoms. The quantitative estimate of drug-likeness (QED) is 0.616. The minimum absolute atomic E-state index is 0.315. The van der Waals surface area contributed by atoms with Crippen molar-refractivity contribution in [3.8, 4) is 0 Å². The van der Waals surface area contributed by atoms with Crippen molar-refractivity contribution in [2.75, 3.05) is 6.61 Å². The van der Waals surface area contributed by atoms with Crippen molar-refractivity contribution in [2.45, 2.75) is 24.6 Å². The van der Waals surface area contributed by atoms with Crippen LogP contribution in [0.1, 0.15) is 10.4 Å². The van der Waals surface area contributed by atoms with Gasteiger partial charge >= 0.3 is 5.97 Å². The van der Waals surface area contributed by atoms with E-state index in [9.17, 15) is 15.0 Å². The molecule has 1 aliphatic rings. The summed E-state index contributed by atoms with van der Waals surface area (Å²) in [5.41, 5.74) is 0.315. The Morgan fingerprint density at radius 2 is 1.89 bits per heavy atom. The number of aliphatic hydroxyl groups is 3. The van der Waals surface area contributed by atoms with Gasteiger partial charge in [0.05, 0.1) is 12.2 Å². The fourth-order valence-corrected chi connectivity index (χ4v) is 1.71. The van der Waals surface area contributed by atoms with Crippen LogP contribution in [0, 0.1) is 0 Å². The minimum Gasteiger partial charge on any atom is -0.429 e. The van der Waals surface area contributed by atoms with Gasteiger partial charge in [-0.1, -0.05) is 18.2 Å². The first-order valence-corrected chi connectivity index (χ1v) is 5.52. The number of ether oxygens (including phenoxy) is 2. The molecule has 1 aromatic rings. The van der Waals surface area contributed by atoms with Crippen LogP contribution >= 0.6 is 0 Å². The molecule has 1 aliphatic heterocycles. The van der Waals surface area contributed by atoms with E-state index in [0.717, 1.165) is 0 Å². The molecule has 1 unspecified atom stereocenters. The van der Waals surface area contributed by atoms with Crippen LogP contribution in [0.5, 0.6) is 0 Å². The monoisotopic (exact) mass is 254 g/mol. The zero-order valence-corrected chi connectivity index (χ0v) is 9.47. The molecule has 1 heterocycles. The van der Waals surface area contributed by atoms with Crippen LogP contribution in [0.3, 0.4) is 0 Å². The number of carbonyl (C=O) groups excluding carboxylic acids is 1. The van der Waals surface area contributed by atoms with Crippen LogP contribution in [-0.4, -0.2) is 52.5 Å². The largest absolute Gasteiger partial charge is 0.429 e. The average molecular weight is 254 g/mol. The molecule has 0 amide bonds. The average Bonchev–Trinajstić information content (AvgIpc) is 2.67. The molecule has 0 aromatic heterocycles. The van der Waals surface area contributed by atoms with Gasteiger partial charge in [-0.3, -0.25) is 0 Å². The number of benzene rings is 1. The number of hydrogen-bond donors (Lipinski definition) is 3. The lowest BCUT2D eigenvalue weighted by Crippen LogP contribution is -2.35. The highest BCUT2D eigenvalue weighted by molar-refractivity contribution is 5.89. The smallest absolute Gasteiger partial charge is 0.340 e. The van der Waals surface area contributed by atoms with E-state index < -0.39 is 37.2 Å². The lowest BCUT2D eigenvalue weighted by Gasteiger charge is -2.15. The Morgan fingerprint density at radius 1 is 1.22 bits per heavy atom. The molecule has 18 heavy (non-hydrogen) atoms. The van der Waals surface area contributed by atoms with Gasteiger partial charge < -0.3 is 24.8 Å². The molecule has 2 rings (SSSR count). The molecule has 0 saturated carbocycles. The van der Waals surface area contributed by atoms with Crippen molar-refractivity contribution < 1.29 is 29.6 Å². The Labute approximate surface area is 103 Å². The highest BCUT2D eigenvalue weighted by Crippen LogP contribution is 2.22. The van der Waals surface area contributed by atoms with Crippen LogP contribution < -0.4 is 0 Å². The first-order chi connectivity index (χ1) is 8.63. The summed E-state index contributed by atoms with van der Waals surface area (Å²) in [5.74, 6) is -0.662. The summed E-state index contributed by atoms with van der Waals surface area (Å²) in [6.45, 7) is -0.461. The topological polar surface area (TPSA) is 96.2 Å². The van der Waals surface area contributed by atoms with E-state index in [0.29, 0.717) is 5.56 Å². The zero-order valence-electron chi connectivity index (χ0n) is 9.47. The van der Waals surface area contributed by atoms with Crippen LogP contribution in [-0.2, 0) is 9.47 Å². The van der Waals surface area contributed by atoms with E-state index in [1.54, 1.807) is 30.3 Å². The van der Waals surface area contributed by atoms with E-state index in [-0.39, 0.29) is 0 Å². The maximum atomic E-state index is 11.7. The summed E-state index contributed by atoms with van der Waals surface area (Å²) in [7, 11) is 0. The maximum absolute atomic E-state index is 11.7. The second-order valence-corrected chi connectivity index (χ2v) is 3.98. The van der Waals surface area contributed by atoms with Gasteiger partial charge in [-0.25, -0.2) is 4.79 Å². The number of esters is 1. The first kappa shape index (κ1) is 13.0. The third kappa shape index (κ3) is 2.51. The molecule has 1 saturated heterocycles. The van der Waals surface area contributed by atoms with E-state index in [1.807, 2.05) is 0 Å². The second-order valence-electron chi connectivity index (χ2n) is 3.98. The van der Waals surface area contributed by atoms with Crippen LogP contribution in [0.15, 0.2) is 30.3 Å². The minimum atomic E-state index is -1.37. The van der Waals surface area contributed by atoms with Gasteiger partial charge in [-0.15, -0.1) is 0 Å². The summed E-state index contributed by atoms with van der Waals surface area (Å²) in [6.07, 6.45) is -4.86. The third-order valence-electron chi connectivity index (χ3n) is 2.73. The summed E-state index contributed by atoms with van der Waals surface area (Å²) in [5, 5.41) is 28.0. The Balaban J connectivity index is 2.00. The third-order valence-corrected chi connectivity index (χ3v) is 2.73. The van der Waals surface area contributed by atoms with Gasteiger partial charge in [0.15, 0.2) is 0 Å². The van der Waals surface area contributed by atoms with E-state index in [4.69, 9.17) is 14.6 Å². The van der Waals surface area contributed by atoms with E-state index in [1.165, 1.54) is 0 Å². The zero-order chi connectivity index (χ0) is 13.1. The number of hydrogen-bond acceptors (Lipinski definition) is 6. The van der Waals surface area contributed by atoms with E-state index in [2.05, 4.69) is 0 Å². The SMILES string of the molecule is O=C(OC1O[C@H](CO)[C@@H](O)[C@H]1O)c1ccccc1. The summed E-state index contributed by atoms with van der Waals surface area (Å²) >= 11 is 0. The van der Waals surface area contributed by atoms with Gasteiger partial charge in [-0.2, -0.15) is 0 Å². The summed E-state index contributed by atoms with van der Waals surface area (Å²) in [4.78, 5) is 11.7. The van der Waals surface area contributed by atoms with Gasteiger partial charge in [0.1, 0.15) is 18.3 Å². The first-order valence-electron chi connectivity index (χ1n) is 5.52. The van der Waals surface area contributed by atoms with Crippen molar-refractivity contribution in [3.63, 3.8) is 0 Å². The highest BCUT2D eigenvalue weighted by Gasteiger charge is 2.44. The molecule has 1 fully saturated rings. The van der Waals surface area contributed by atoms with Crippen molar-refractivity contribution >= 4 is 5.97 Å². The van der Waals surface area contributed by atoms with Crippen molar-refractivity contribution in [1.29, 1.82) is 0 Å². The predicted octanol–water partition coefficient (Wildman–Crippen LogP) is -0.718. The molecule has 0 spiro atoms. The van der Waals surface area contributed by atoms with Gasteiger partial charge in [0.25, 0.3) is 0 Å². The number of carbonyl (C=O) groups is 1. The van der Waals surface area contributed by atoms with Crippen LogP contribution in [0.4, 0.5) is 0 Å². The lowest BCUT2D eigenvalue weighted by atomic mass is 10.1. The van der Waals surface area contributed by atoms with Crippen molar-refractivity contribution in [2.24, 2.45) is 0 Å². The van der Waals surface area contributed by atoms with E-state index >= 15 is 0 Å². The van der Waals surface area contributed by atoms with Crippen molar-refractivity contribution in [1.82, 2.24) is 0 Å². The lowest BCUT2D eigenvalue weighted by molar-refractivity contribution is -0.139. The molecule has 6 heteroatoms. The molecule has 1 aromatic carbocycles. The second kappa shape index (κ2) is 5.45. The Morgan fingerprint density at radius 3 is 2.44 bits per heavy atom. The molecule has 0 radical (unpaired) electrons. The maximum Gasteiger partial charge on any atom is 0.340 e. The van der Waals surface area contributed by atoms with Crippen LogP contribution in [0.2, 0.25) is 0 Å². The molecule has 6 nitrogen and oxygen atoms in total. The summed E-state index contributed by atoms with van der Waals surface area (Å²) < 4.78 is 9.96. The van der Waals surface area contributed by atoms with Gasteiger partial charge in [0.2, 0.25) is 6.29 Å². The predicted molar refractivity (Wildman–Crippen MR) is 59.6 cm³/mol. The molecular weight excluding hydrogens is 240 g/mol. The Bertz CT molecular complexity index is 406.